The largest absolute Gasteiger partial charge is 0.497 e. The zero-order valence-electron chi connectivity index (χ0n) is 27.1. The van der Waals surface area contributed by atoms with Crippen LogP contribution in [0.5, 0.6) is 17.2 Å². The Hall–Kier alpha value is -4.37. The third kappa shape index (κ3) is 8.75. The predicted molar refractivity (Wildman–Crippen MR) is 177 cm³/mol. The lowest BCUT2D eigenvalue weighted by Crippen LogP contribution is -2.64. The number of nitrogens with zero attached hydrogens (tertiary/aromatic N) is 3. The summed E-state index contributed by atoms with van der Waals surface area (Å²) in [5, 5.41) is 9.80. The van der Waals surface area contributed by atoms with Gasteiger partial charge in [-0.3, -0.25) is 19.6 Å². The summed E-state index contributed by atoms with van der Waals surface area (Å²) in [5.41, 5.74) is 3.04. The van der Waals surface area contributed by atoms with Crippen LogP contribution in [0.4, 0.5) is 0 Å². The van der Waals surface area contributed by atoms with Gasteiger partial charge in [0.1, 0.15) is 23.3 Å². The van der Waals surface area contributed by atoms with Crippen LogP contribution in [-0.4, -0.2) is 98.5 Å². The zero-order valence-corrected chi connectivity index (χ0v) is 28.7. The highest BCUT2D eigenvalue weighted by molar-refractivity contribution is 7.89. The molecule has 13 nitrogen and oxygen atoms in total. The molecule has 2 N–H and O–H groups in total. The lowest BCUT2D eigenvalue weighted by molar-refractivity contribution is -0.157. The summed E-state index contributed by atoms with van der Waals surface area (Å²) < 4.78 is 44.8. The first-order valence-electron chi connectivity index (χ1n) is 15.0. The molecule has 1 unspecified atom stereocenters. The zero-order chi connectivity index (χ0) is 35.0. The summed E-state index contributed by atoms with van der Waals surface area (Å²) in [6.07, 6.45) is -0.0998. The topological polar surface area (TPSA) is 155 Å². The quantitative estimate of drug-likeness (QED) is 0.191. The number of rotatable bonds is 14. The molecule has 0 bridgehead atoms. The third-order valence-corrected chi connectivity index (χ3v) is 10.2. The van der Waals surface area contributed by atoms with E-state index in [4.69, 9.17) is 25.8 Å². The van der Waals surface area contributed by atoms with Gasteiger partial charge in [0.15, 0.2) is 0 Å². The van der Waals surface area contributed by atoms with E-state index in [9.17, 15) is 28.0 Å². The lowest BCUT2D eigenvalue weighted by atomic mass is 10.0. The number of methoxy groups -OCH3 is 3. The van der Waals surface area contributed by atoms with E-state index >= 15 is 0 Å². The minimum absolute atomic E-state index is 0.0546. The summed E-state index contributed by atoms with van der Waals surface area (Å²) in [5.74, 6) is -0.368. The SMILES string of the molecule is COc1ccc(S(=O)(=O)N(CCc2cccc(Cl)c2)CC(=O)N2C(CC(=O)NO)CN(Cc3cc(OC)cc(OC)c3)C(=O)[C@@H]2C)cc1. The molecule has 3 aromatic carbocycles. The molecule has 0 saturated carbocycles. The Labute approximate surface area is 284 Å². The number of hydroxylamine groups is 1. The number of piperazine rings is 1. The van der Waals surface area contributed by atoms with Crippen molar-refractivity contribution in [1.82, 2.24) is 19.6 Å². The molecule has 15 heteroatoms. The number of sulfonamides is 1. The molecule has 1 saturated heterocycles. The fourth-order valence-corrected chi connectivity index (χ4v) is 7.26. The van der Waals surface area contributed by atoms with E-state index in [-0.39, 0.29) is 37.4 Å². The number of hydrogen-bond donors (Lipinski definition) is 2. The second-order valence-electron chi connectivity index (χ2n) is 11.2. The smallest absolute Gasteiger partial charge is 0.245 e. The van der Waals surface area contributed by atoms with Crippen LogP contribution in [0.1, 0.15) is 24.5 Å². The maximum atomic E-state index is 14.1. The van der Waals surface area contributed by atoms with Crippen LogP contribution in [-0.2, 0) is 37.4 Å². The number of carbonyl (C=O) groups excluding carboxylic acids is 3. The Morgan fingerprint density at radius 3 is 2.19 bits per heavy atom. The van der Waals surface area contributed by atoms with Crippen LogP contribution in [0.3, 0.4) is 0 Å². The van der Waals surface area contributed by atoms with E-state index in [0.29, 0.717) is 27.8 Å². The van der Waals surface area contributed by atoms with E-state index in [1.807, 2.05) is 0 Å². The number of nitrogens with one attached hydrogen (secondary N) is 1. The van der Waals surface area contributed by atoms with Gasteiger partial charge in [0.2, 0.25) is 27.7 Å². The van der Waals surface area contributed by atoms with Gasteiger partial charge in [-0.1, -0.05) is 23.7 Å². The maximum Gasteiger partial charge on any atom is 0.245 e. The van der Waals surface area contributed by atoms with Crippen LogP contribution in [0, 0.1) is 0 Å². The first-order valence-corrected chi connectivity index (χ1v) is 16.9. The molecule has 4 rings (SSSR count). The van der Waals surface area contributed by atoms with Gasteiger partial charge >= 0.3 is 0 Å². The van der Waals surface area contributed by atoms with Crippen molar-refractivity contribution < 1.29 is 42.2 Å². The van der Waals surface area contributed by atoms with Crippen LogP contribution >= 0.6 is 11.6 Å². The van der Waals surface area contributed by atoms with Crippen LogP contribution in [0.2, 0.25) is 5.02 Å². The summed E-state index contributed by atoms with van der Waals surface area (Å²) in [6, 6.07) is 16.0. The molecule has 0 aliphatic carbocycles. The molecular weight excluding hydrogens is 664 g/mol. The molecule has 48 heavy (non-hydrogen) atoms. The second-order valence-corrected chi connectivity index (χ2v) is 13.6. The van der Waals surface area contributed by atoms with Crippen LogP contribution in [0.25, 0.3) is 0 Å². The number of halogens is 1. The van der Waals surface area contributed by atoms with E-state index in [1.165, 1.54) is 62.3 Å². The Kier molecular flexibility index (Phi) is 12.3. The average Bonchev–Trinajstić information content (AvgIpc) is 3.08. The Morgan fingerprint density at radius 2 is 1.60 bits per heavy atom. The van der Waals surface area contributed by atoms with Crippen molar-refractivity contribution in [3.63, 3.8) is 0 Å². The van der Waals surface area contributed by atoms with Crippen molar-refractivity contribution in [3.8, 4) is 17.2 Å². The van der Waals surface area contributed by atoms with E-state index in [1.54, 1.807) is 47.9 Å². The molecule has 0 spiro atoms. The fourth-order valence-electron chi connectivity index (χ4n) is 5.65. The number of benzene rings is 3. The van der Waals surface area contributed by atoms with Crippen molar-refractivity contribution in [2.45, 2.75) is 43.3 Å². The number of hydrogen-bond acceptors (Lipinski definition) is 9. The van der Waals surface area contributed by atoms with Crippen molar-refractivity contribution >= 4 is 39.3 Å². The molecule has 0 aromatic heterocycles. The van der Waals surface area contributed by atoms with Crippen LogP contribution < -0.4 is 19.7 Å². The first kappa shape index (κ1) is 36.5. The minimum Gasteiger partial charge on any atom is -0.497 e. The predicted octanol–water partition coefficient (Wildman–Crippen LogP) is 3.12. The Morgan fingerprint density at radius 1 is 0.958 bits per heavy atom. The minimum atomic E-state index is -4.22. The molecule has 258 valence electrons. The highest BCUT2D eigenvalue weighted by atomic mass is 35.5. The van der Waals surface area contributed by atoms with Gasteiger partial charge in [0.25, 0.3) is 0 Å². The molecular formula is C33H39ClN4O9S. The Bertz CT molecular complexity index is 1700. The van der Waals surface area contributed by atoms with Crippen molar-refractivity contribution in [3.05, 3.63) is 82.9 Å². The van der Waals surface area contributed by atoms with Crippen molar-refractivity contribution in [2.24, 2.45) is 0 Å². The van der Waals surface area contributed by atoms with E-state index in [2.05, 4.69) is 0 Å². The van der Waals surface area contributed by atoms with Crippen molar-refractivity contribution in [1.29, 1.82) is 0 Å². The molecule has 3 aromatic rings. The number of ether oxygens (including phenoxy) is 3. The van der Waals surface area contributed by atoms with Gasteiger partial charge in [0.05, 0.1) is 45.2 Å². The molecule has 0 radical (unpaired) electrons. The summed E-state index contributed by atoms with van der Waals surface area (Å²) in [4.78, 5) is 42.9. The highest BCUT2D eigenvalue weighted by Gasteiger charge is 2.42. The van der Waals surface area contributed by atoms with Gasteiger partial charge in [-0.05, 0) is 73.0 Å². The van der Waals surface area contributed by atoms with Crippen molar-refractivity contribution in [2.75, 3.05) is 41.0 Å². The number of carbonyl (C=O) groups is 3. The maximum absolute atomic E-state index is 14.1. The molecule has 2 atom stereocenters. The van der Waals surface area contributed by atoms with Gasteiger partial charge in [-0.2, -0.15) is 4.31 Å². The average molecular weight is 703 g/mol. The summed E-state index contributed by atoms with van der Waals surface area (Å²) in [7, 11) is 0.253. The lowest BCUT2D eigenvalue weighted by Gasteiger charge is -2.45. The van der Waals surface area contributed by atoms with E-state index in [0.717, 1.165) is 9.87 Å². The highest BCUT2D eigenvalue weighted by Crippen LogP contribution is 2.28. The van der Waals surface area contributed by atoms with Gasteiger partial charge < -0.3 is 24.0 Å². The van der Waals surface area contributed by atoms with E-state index < -0.39 is 46.4 Å². The summed E-state index contributed by atoms with van der Waals surface area (Å²) >= 11 is 6.15. The fraction of sp³-hybridized carbons (Fsp3) is 0.364. The Balaban J connectivity index is 1.64. The monoisotopic (exact) mass is 702 g/mol. The number of amides is 3. The first-order chi connectivity index (χ1) is 22.9. The van der Waals surface area contributed by atoms with Gasteiger partial charge in [0, 0.05) is 30.7 Å². The molecule has 3 amide bonds. The standard InChI is InChI=1S/C33H39ClN4O9S/c1-22-33(41)36(19-24-15-28(46-3)18-29(16-24)47-4)20-26(17-31(39)35-42)38(22)32(40)21-37(13-12-23-6-5-7-25(34)14-23)48(43,44)30-10-8-27(45-2)9-11-30/h5-11,14-16,18,22,26,42H,12-13,17,19-21H2,1-4H3,(H,35,39)/t22-,26?/m0/s1. The van der Waals surface area contributed by atoms with Gasteiger partial charge in [-0.15, -0.1) is 0 Å². The molecule has 1 aliphatic heterocycles. The molecule has 1 fully saturated rings. The third-order valence-electron chi connectivity index (χ3n) is 8.08. The normalized spacial score (nSPS) is 16.5. The van der Waals surface area contributed by atoms with Crippen LogP contribution in [0.15, 0.2) is 71.6 Å². The molecule has 1 heterocycles. The second kappa shape index (κ2) is 16.2. The van der Waals surface area contributed by atoms with Gasteiger partial charge in [-0.25, -0.2) is 13.9 Å². The molecule has 1 aliphatic rings. The summed E-state index contributed by atoms with van der Waals surface area (Å²) in [6.45, 7) is 0.888.